The van der Waals surface area contributed by atoms with Gasteiger partial charge in [-0.15, -0.1) is 0 Å². The van der Waals surface area contributed by atoms with E-state index in [2.05, 4.69) is 4.72 Å². The maximum atomic E-state index is 12.4. The SMILES string of the molecule is CC(C)S(=O)(=O)Nc1ccc(C(F)(F)F)cc1N. The summed E-state index contributed by atoms with van der Waals surface area (Å²) in [4.78, 5) is 0. The van der Waals surface area contributed by atoms with Crippen LogP contribution in [-0.2, 0) is 16.2 Å². The molecule has 0 amide bonds. The van der Waals surface area contributed by atoms with Crippen LogP contribution in [-0.4, -0.2) is 13.7 Å². The fourth-order valence-electron chi connectivity index (χ4n) is 1.10. The second kappa shape index (κ2) is 4.68. The molecule has 18 heavy (non-hydrogen) atoms. The molecule has 0 unspecified atom stereocenters. The first-order valence-corrected chi connectivity index (χ1v) is 6.57. The van der Waals surface area contributed by atoms with Gasteiger partial charge in [-0.05, 0) is 32.0 Å². The molecule has 0 fully saturated rings. The van der Waals surface area contributed by atoms with E-state index in [4.69, 9.17) is 5.73 Å². The molecule has 1 aromatic carbocycles. The minimum atomic E-state index is -4.51. The van der Waals surface area contributed by atoms with Gasteiger partial charge < -0.3 is 5.73 Å². The van der Waals surface area contributed by atoms with Crippen molar-refractivity contribution in [1.29, 1.82) is 0 Å². The molecular formula is C10H13F3N2O2S. The van der Waals surface area contributed by atoms with E-state index in [9.17, 15) is 21.6 Å². The highest BCUT2D eigenvalue weighted by Gasteiger charge is 2.31. The summed E-state index contributed by atoms with van der Waals surface area (Å²) in [6.07, 6.45) is -4.51. The van der Waals surface area contributed by atoms with Crippen LogP contribution in [0.2, 0.25) is 0 Å². The number of anilines is 2. The van der Waals surface area contributed by atoms with E-state index in [1.54, 1.807) is 0 Å². The molecule has 0 heterocycles. The van der Waals surface area contributed by atoms with Crippen molar-refractivity contribution in [1.82, 2.24) is 0 Å². The molecule has 0 aliphatic heterocycles. The third-order valence-corrected chi connectivity index (χ3v) is 4.00. The Kier molecular flexibility index (Phi) is 3.80. The van der Waals surface area contributed by atoms with Crippen LogP contribution in [0.1, 0.15) is 19.4 Å². The molecule has 0 aliphatic carbocycles. The van der Waals surface area contributed by atoms with E-state index in [0.717, 1.165) is 12.1 Å². The lowest BCUT2D eigenvalue weighted by atomic mass is 10.2. The van der Waals surface area contributed by atoms with Gasteiger partial charge in [0, 0.05) is 0 Å². The van der Waals surface area contributed by atoms with Gasteiger partial charge in [0.15, 0.2) is 0 Å². The van der Waals surface area contributed by atoms with Crippen molar-refractivity contribution >= 4 is 21.4 Å². The highest BCUT2D eigenvalue weighted by atomic mass is 32.2. The summed E-state index contributed by atoms with van der Waals surface area (Å²) in [5.74, 6) is 0. The fraction of sp³-hybridized carbons (Fsp3) is 0.400. The van der Waals surface area contributed by atoms with Crippen LogP contribution in [0.15, 0.2) is 18.2 Å². The lowest BCUT2D eigenvalue weighted by Gasteiger charge is -2.14. The van der Waals surface area contributed by atoms with E-state index in [1.165, 1.54) is 13.8 Å². The molecule has 0 atom stereocenters. The van der Waals surface area contributed by atoms with Gasteiger partial charge in [-0.1, -0.05) is 0 Å². The normalized spacial score (nSPS) is 12.8. The molecule has 0 bridgehead atoms. The number of sulfonamides is 1. The van der Waals surface area contributed by atoms with E-state index in [1.807, 2.05) is 0 Å². The summed E-state index contributed by atoms with van der Waals surface area (Å²) in [6.45, 7) is 2.89. The van der Waals surface area contributed by atoms with Gasteiger partial charge >= 0.3 is 6.18 Å². The van der Waals surface area contributed by atoms with Crippen molar-refractivity contribution in [2.45, 2.75) is 25.3 Å². The largest absolute Gasteiger partial charge is 0.416 e. The van der Waals surface area contributed by atoms with E-state index in [0.29, 0.717) is 6.07 Å². The minimum Gasteiger partial charge on any atom is -0.397 e. The molecule has 102 valence electrons. The van der Waals surface area contributed by atoms with Crippen LogP contribution in [0.4, 0.5) is 24.5 Å². The molecule has 0 aromatic heterocycles. The predicted molar refractivity (Wildman–Crippen MR) is 63.5 cm³/mol. The highest BCUT2D eigenvalue weighted by Crippen LogP contribution is 2.33. The maximum Gasteiger partial charge on any atom is 0.416 e. The van der Waals surface area contributed by atoms with Gasteiger partial charge in [0.25, 0.3) is 0 Å². The number of rotatable bonds is 3. The molecule has 0 radical (unpaired) electrons. The van der Waals surface area contributed by atoms with Crippen LogP contribution in [0, 0.1) is 0 Å². The Bertz CT molecular complexity index is 539. The fourth-order valence-corrected chi connectivity index (χ4v) is 1.83. The van der Waals surface area contributed by atoms with E-state index in [-0.39, 0.29) is 11.4 Å². The summed E-state index contributed by atoms with van der Waals surface area (Å²) in [5, 5.41) is -0.709. The number of hydrogen-bond donors (Lipinski definition) is 2. The smallest absolute Gasteiger partial charge is 0.397 e. The molecule has 0 aliphatic rings. The number of nitrogen functional groups attached to an aromatic ring is 1. The number of nitrogens with two attached hydrogens (primary N) is 1. The molecule has 0 spiro atoms. The van der Waals surface area contributed by atoms with Gasteiger partial charge in [0.05, 0.1) is 22.2 Å². The van der Waals surface area contributed by atoms with Crippen molar-refractivity contribution < 1.29 is 21.6 Å². The summed E-state index contributed by atoms with van der Waals surface area (Å²) in [5.41, 5.74) is 4.15. The summed E-state index contributed by atoms with van der Waals surface area (Å²) in [6, 6.07) is 2.46. The van der Waals surface area contributed by atoms with Gasteiger partial charge in [-0.2, -0.15) is 13.2 Å². The standard InChI is InChI=1S/C10H13F3N2O2S/c1-6(2)18(16,17)15-9-4-3-7(5-8(9)14)10(11,12)13/h3-6,15H,14H2,1-2H3. The number of benzene rings is 1. The molecule has 3 N–H and O–H groups in total. The molecular weight excluding hydrogens is 269 g/mol. The molecule has 1 aromatic rings. The molecule has 8 heteroatoms. The second-order valence-electron chi connectivity index (χ2n) is 4.00. The summed E-state index contributed by atoms with van der Waals surface area (Å²) >= 11 is 0. The maximum absolute atomic E-state index is 12.4. The van der Waals surface area contributed by atoms with Crippen molar-refractivity contribution in [3.63, 3.8) is 0 Å². The number of halogens is 3. The van der Waals surface area contributed by atoms with E-state index < -0.39 is 27.0 Å². The van der Waals surface area contributed by atoms with Crippen molar-refractivity contribution in [3.8, 4) is 0 Å². The third kappa shape index (κ3) is 3.28. The van der Waals surface area contributed by atoms with Gasteiger partial charge in [0.2, 0.25) is 10.0 Å². The minimum absolute atomic E-state index is 0.0586. The molecule has 1 rings (SSSR count). The second-order valence-corrected chi connectivity index (χ2v) is 6.23. The average molecular weight is 282 g/mol. The Morgan fingerprint density at radius 1 is 1.28 bits per heavy atom. The monoisotopic (exact) mass is 282 g/mol. The Hall–Kier alpha value is -1.44. The Morgan fingerprint density at radius 3 is 2.22 bits per heavy atom. The quantitative estimate of drug-likeness (QED) is 0.836. The zero-order valence-corrected chi connectivity index (χ0v) is 10.6. The topological polar surface area (TPSA) is 72.2 Å². The van der Waals surface area contributed by atoms with Crippen molar-refractivity contribution in [2.24, 2.45) is 0 Å². The van der Waals surface area contributed by atoms with Crippen LogP contribution in [0.3, 0.4) is 0 Å². The number of nitrogens with one attached hydrogen (secondary N) is 1. The first-order chi connectivity index (χ1) is 8.04. The lowest BCUT2D eigenvalue weighted by Crippen LogP contribution is -2.23. The lowest BCUT2D eigenvalue weighted by molar-refractivity contribution is -0.137. The summed E-state index contributed by atoms with van der Waals surface area (Å²) < 4.78 is 62.3. The predicted octanol–water partition coefficient (Wildman–Crippen LogP) is 2.44. The summed E-state index contributed by atoms with van der Waals surface area (Å²) in [7, 11) is -3.63. The number of alkyl halides is 3. The molecule has 4 nitrogen and oxygen atoms in total. The highest BCUT2D eigenvalue weighted by molar-refractivity contribution is 7.93. The van der Waals surface area contributed by atoms with Crippen LogP contribution >= 0.6 is 0 Å². The van der Waals surface area contributed by atoms with Crippen molar-refractivity contribution in [3.05, 3.63) is 23.8 Å². The van der Waals surface area contributed by atoms with Gasteiger partial charge in [-0.25, -0.2) is 8.42 Å². The molecule has 0 saturated heterocycles. The van der Waals surface area contributed by atoms with Crippen LogP contribution in [0.25, 0.3) is 0 Å². The Balaban J connectivity index is 3.09. The van der Waals surface area contributed by atoms with Gasteiger partial charge in [0.1, 0.15) is 0 Å². The van der Waals surface area contributed by atoms with E-state index >= 15 is 0 Å². The van der Waals surface area contributed by atoms with Crippen molar-refractivity contribution in [2.75, 3.05) is 10.5 Å². The first-order valence-electron chi connectivity index (χ1n) is 5.02. The third-order valence-electron chi connectivity index (χ3n) is 2.25. The Morgan fingerprint density at radius 2 is 1.83 bits per heavy atom. The Labute approximate surface area is 103 Å². The molecule has 0 saturated carbocycles. The van der Waals surface area contributed by atoms with Crippen LogP contribution < -0.4 is 10.5 Å². The average Bonchev–Trinajstić information content (AvgIpc) is 2.19. The zero-order valence-electron chi connectivity index (χ0n) is 9.75. The first kappa shape index (κ1) is 14.6. The van der Waals surface area contributed by atoms with Crippen LogP contribution in [0.5, 0.6) is 0 Å². The number of hydrogen-bond acceptors (Lipinski definition) is 3. The zero-order chi connectivity index (χ0) is 14.1. The van der Waals surface area contributed by atoms with Gasteiger partial charge in [-0.3, -0.25) is 4.72 Å².